The van der Waals surface area contributed by atoms with E-state index in [-0.39, 0.29) is 13.2 Å². The molecule has 108 valence electrons. The number of halogens is 2. The van der Waals surface area contributed by atoms with Crippen LogP contribution in [-0.4, -0.2) is 42.6 Å². The molecule has 0 bridgehead atoms. The van der Waals surface area contributed by atoms with Crippen molar-refractivity contribution in [2.24, 2.45) is 0 Å². The lowest BCUT2D eigenvalue weighted by Gasteiger charge is -2.13. The van der Waals surface area contributed by atoms with E-state index in [1.165, 1.54) is 0 Å². The average Bonchev–Trinajstić information content (AvgIpc) is 2.40. The Balaban J connectivity index is 2.18. The highest BCUT2D eigenvalue weighted by Gasteiger charge is 2.06. The van der Waals surface area contributed by atoms with Crippen molar-refractivity contribution in [2.75, 3.05) is 26.3 Å². The van der Waals surface area contributed by atoms with Crippen molar-refractivity contribution in [3.8, 4) is 5.75 Å². The molecule has 1 atom stereocenters. The van der Waals surface area contributed by atoms with Crippen molar-refractivity contribution in [3.63, 3.8) is 0 Å². The Morgan fingerprint density at radius 2 is 2.00 bits per heavy atom. The molecule has 19 heavy (non-hydrogen) atoms. The maximum atomic E-state index is 9.69. The molecule has 0 aromatic heterocycles. The molecule has 0 saturated heterocycles. The standard InChI is InChI=1S/C13H19Cl2NO3/c14-12-4-3-11(7-13(12)15)19-9-10(18)8-16-5-1-2-6-17/h3-4,7,10,16-18H,1-2,5-6,8-9H2. The number of hydrogen-bond donors (Lipinski definition) is 3. The van der Waals surface area contributed by atoms with Crippen LogP contribution in [0.1, 0.15) is 12.8 Å². The largest absolute Gasteiger partial charge is 0.491 e. The highest BCUT2D eigenvalue weighted by atomic mass is 35.5. The number of nitrogens with one attached hydrogen (secondary N) is 1. The smallest absolute Gasteiger partial charge is 0.121 e. The Labute approximate surface area is 123 Å². The molecule has 0 aliphatic carbocycles. The van der Waals surface area contributed by atoms with E-state index in [1.54, 1.807) is 18.2 Å². The number of aliphatic hydroxyl groups is 2. The number of ether oxygens (including phenoxy) is 1. The van der Waals surface area contributed by atoms with Gasteiger partial charge in [-0.15, -0.1) is 0 Å². The van der Waals surface area contributed by atoms with Crippen LogP contribution in [0.15, 0.2) is 18.2 Å². The van der Waals surface area contributed by atoms with Crippen LogP contribution < -0.4 is 10.1 Å². The van der Waals surface area contributed by atoms with Crippen molar-refractivity contribution in [2.45, 2.75) is 18.9 Å². The zero-order chi connectivity index (χ0) is 14.1. The van der Waals surface area contributed by atoms with Crippen molar-refractivity contribution in [3.05, 3.63) is 28.2 Å². The van der Waals surface area contributed by atoms with Gasteiger partial charge >= 0.3 is 0 Å². The molecule has 3 N–H and O–H groups in total. The van der Waals surface area contributed by atoms with E-state index < -0.39 is 6.10 Å². The third-order valence-electron chi connectivity index (χ3n) is 2.48. The normalized spacial score (nSPS) is 12.4. The van der Waals surface area contributed by atoms with E-state index >= 15 is 0 Å². The summed E-state index contributed by atoms with van der Waals surface area (Å²) in [5.41, 5.74) is 0. The van der Waals surface area contributed by atoms with Crippen LogP contribution in [0.3, 0.4) is 0 Å². The van der Waals surface area contributed by atoms with Crippen LogP contribution in [-0.2, 0) is 0 Å². The lowest BCUT2D eigenvalue weighted by molar-refractivity contribution is 0.106. The molecule has 0 aliphatic rings. The Morgan fingerprint density at radius 1 is 1.21 bits per heavy atom. The zero-order valence-electron chi connectivity index (χ0n) is 10.6. The maximum Gasteiger partial charge on any atom is 0.121 e. The van der Waals surface area contributed by atoms with Crippen LogP contribution in [0.2, 0.25) is 10.0 Å². The fraction of sp³-hybridized carbons (Fsp3) is 0.538. The minimum absolute atomic E-state index is 0.185. The first kappa shape index (κ1) is 16.5. The van der Waals surface area contributed by atoms with E-state index in [0.717, 1.165) is 19.4 Å². The molecule has 1 unspecified atom stereocenters. The Bertz CT molecular complexity index is 377. The number of aliphatic hydroxyl groups excluding tert-OH is 2. The third-order valence-corrected chi connectivity index (χ3v) is 3.21. The Morgan fingerprint density at radius 3 is 2.68 bits per heavy atom. The fourth-order valence-electron chi connectivity index (χ4n) is 1.45. The highest BCUT2D eigenvalue weighted by molar-refractivity contribution is 6.42. The molecule has 0 saturated carbocycles. The van der Waals surface area contributed by atoms with Crippen molar-refractivity contribution in [1.82, 2.24) is 5.32 Å². The van der Waals surface area contributed by atoms with Crippen molar-refractivity contribution >= 4 is 23.2 Å². The van der Waals surface area contributed by atoms with Crippen LogP contribution in [0.5, 0.6) is 5.75 Å². The van der Waals surface area contributed by atoms with Gasteiger partial charge in [-0.2, -0.15) is 0 Å². The Kier molecular flexibility index (Phi) is 8.18. The van der Waals surface area contributed by atoms with Gasteiger partial charge in [0.2, 0.25) is 0 Å². The summed E-state index contributed by atoms with van der Waals surface area (Å²) >= 11 is 11.6. The van der Waals surface area contributed by atoms with Gasteiger partial charge in [0.1, 0.15) is 18.5 Å². The molecular formula is C13H19Cl2NO3. The molecule has 0 heterocycles. The van der Waals surface area contributed by atoms with E-state index in [1.807, 2.05) is 0 Å². The molecule has 1 aromatic rings. The van der Waals surface area contributed by atoms with Gasteiger partial charge in [-0.1, -0.05) is 23.2 Å². The highest BCUT2D eigenvalue weighted by Crippen LogP contribution is 2.26. The summed E-state index contributed by atoms with van der Waals surface area (Å²) in [6.45, 7) is 1.60. The molecular weight excluding hydrogens is 289 g/mol. The summed E-state index contributed by atoms with van der Waals surface area (Å²) in [4.78, 5) is 0. The minimum Gasteiger partial charge on any atom is -0.491 e. The molecule has 0 aliphatic heterocycles. The van der Waals surface area contributed by atoms with Crippen molar-refractivity contribution in [1.29, 1.82) is 0 Å². The van der Waals surface area contributed by atoms with Crippen LogP contribution in [0.4, 0.5) is 0 Å². The summed E-state index contributed by atoms with van der Waals surface area (Å²) in [6.07, 6.45) is 1.06. The summed E-state index contributed by atoms with van der Waals surface area (Å²) in [7, 11) is 0. The monoisotopic (exact) mass is 307 g/mol. The summed E-state index contributed by atoms with van der Waals surface area (Å²) in [5, 5.41) is 22.3. The first-order valence-electron chi connectivity index (χ1n) is 6.21. The molecule has 4 nitrogen and oxygen atoms in total. The lowest BCUT2D eigenvalue weighted by atomic mass is 10.3. The topological polar surface area (TPSA) is 61.7 Å². The SMILES string of the molecule is OCCCCNCC(O)COc1ccc(Cl)c(Cl)c1. The molecule has 0 amide bonds. The van der Waals surface area contributed by atoms with E-state index in [2.05, 4.69) is 5.32 Å². The lowest BCUT2D eigenvalue weighted by Crippen LogP contribution is -2.32. The second kappa shape index (κ2) is 9.39. The number of benzene rings is 1. The molecule has 1 aromatic carbocycles. The van der Waals surface area contributed by atoms with Gasteiger partial charge in [0, 0.05) is 19.2 Å². The number of hydrogen-bond acceptors (Lipinski definition) is 4. The van der Waals surface area contributed by atoms with Gasteiger partial charge in [0.05, 0.1) is 10.0 Å². The van der Waals surface area contributed by atoms with E-state index in [9.17, 15) is 5.11 Å². The molecule has 0 radical (unpaired) electrons. The fourth-order valence-corrected chi connectivity index (χ4v) is 1.74. The average molecular weight is 308 g/mol. The second-order valence-corrected chi connectivity index (χ2v) is 4.99. The zero-order valence-corrected chi connectivity index (χ0v) is 12.1. The van der Waals surface area contributed by atoms with Gasteiger partial charge in [-0.05, 0) is 31.5 Å². The van der Waals surface area contributed by atoms with E-state index in [0.29, 0.717) is 22.3 Å². The number of rotatable bonds is 9. The third kappa shape index (κ3) is 6.99. The van der Waals surface area contributed by atoms with Gasteiger partial charge in [-0.25, -0.2) is 0 Å². The molecule has 0 spiro atoms. The summed E-state index contributed by atoms with van der Waals surface area (Å²) in [6, 6.07) is 4.97. The Hall–Kier alpha value is -0.520. The molecule has 1 rings (SSSR count). The summed E-state index contributed by atoms with van der Waals surface area (Å²) in [5.74, 6) is 0.578. The molecule has 6 heteroatoms. The van der Waals surface area contributed by atoms with Gasteiger partial charge < -0.3 is 20.3 Å². The van der Waals surface area contributed by atoms with Crippen LogP contribution >= 0.6 is 23.2 Å². The predicted octanol–water partition coefficient (Wildman–Crippen LogP) is 2.10. The second-order valence-electron chi connectivity index (χ2n) is 4.18. The summed E-state index contributed by atoms with van der Waals surface area (Å²) < 4.78 is 5.41. The molecule has 0 fully saturated rings. The van der Waals surface area contributed by atoms with Gasteiger partial charge in [0.25, 0.3) is 0 Å². The van der Waals surface area contributed by atoms with Crippen LogP contribution in [0, 0.1) is 0 Å². The van der Waals surface area contributed by atoms with Gasteiger partial charge in [0.15, 0.2) is 0 Å². The van der Waals surface area contributed by atoms with Crippen LogP contribution in [0.25, 0.3) is 0 Å². The number of unbranched alkanes of at least 4 members (excludes halogenated alkanes) is 1. The van der Waals surface area contributed by atoms with Gasteiger partial charge in [-0.3, -0.25) is 0 Å². The van der Waals surface area contributed by atoms with E-state index in [4.69, 9.17) is 33.0 Å². The van der Waals surface area contributed by atoms with Crippen molar-refractivity contribution < 1.29 is 14.9 Å². The first-order chi connectivity index (χ1) is 9.13. The minimum atomic E-state index is -0.594. The quantitative estimate of drug-likeness (QED) is 0.611. The predicted molar refractivity (Wildman–Crippen MR) is 77.2 cm³/mol. The first-order valence-corrected chi connectivity index (χ1v) is 6.96. The maximum absolute atomic E-state index is 9.69.